The van der Waals surface area contributed by atoms with Gasteiger partial charge in [-0.3, -0.25) is 14.9 Å². The average Bonchev–Trinajstić information content (AvgIpc) is 2.40. The van der Waals surface area contributed by atoms with Gasteiger partial charge in [-0.25, -0.2) is 0 Å². The molecular formula is C10H7F4NO7S. The summed E-state index contributed by atoms with van der Waals surface area (Å²) in [5, 5.41) is 10.6. The first-order valence-electron chi connectivity index (χ1n) is 5.44. The third-order valence-corrected chi connectivity index (χ3v) is 3.37. The lowest BCUT2D eigenvalue weighted by molar-refractivity contribution is -0.387. The van der Waals surface area contributed by atoms with Crippen molar-refractivity contribution in [3.05, 3.63) is 33.6 Å². The first kappa shape index (κ1) is 18.6. The predicted molar refractivity (Wildman–Crippen MR) is 64.4 cm³/mol. The Morgan fingerprint density at radius 2 is 1.91 bits per heavy atom. The summed E-state index contributed by atoms with van der Waals surface area (Å²) in [5.41, 5.74) is -8.05. The van der Waals surface area contributed by atoms with Crippen molar-refractivity contribution in [1.82, 2.24) is 0 Å². The Morgan fingerprint density at radius 1 is 1.35 bits per heavy atom. The Morgan fingerprint density at radius 3 is 2.35 bits per heavy atom. The van der Waals surface area contributed by atoms with Crippen LogP contribution in [0.15, 0.2) is 12.1 Å². The van der Waals surface area contributed by atoms with Gasteiger partial charge < -0.3 is 8.92 Å². The Bertz CT molecular complexity index is 744. The molecule has 0 saturated heterocycles. The molecule has 1 aromatic carbocycles. The van der Waals surface area contributed by atoms with Gasteiger partial charge in [-0.2, -0.15) is 26.0 Å². The molecule has 8 nitrogen and oxygen atoms in total. The van der Waals surface area contributed by atoms with E-state index in [4.69, 9.17) is 0 Å². The Labute approximate surface area is 125 Å². The van der Waals surface area contributed by atoms with Gasteiger partial charge in [-0.15, -0.1) is 0 Å². The molecule has 0 aliphatic carbocycles. The third kappa shape index (κ3) is 4.06. The van der Waals surface area contributed by atoms with Gasteiger partial charge in [0.2, 0.25) is 5.82 Å². The van der Waals surface area contributed by atoms with Crippen molar-refractivity contribution in [3.8, 4) is 5.75 Å². The highest BCUT2D eigenvalue weighted by Gasteiger charge is 2.49. The van der Waals surface area contributed by atoms with Crippen molar-refractivity contribution in [2.24, 2.45) is 0 Å². The molecule has 0 atom stereocenters. The highest BCUT2D eigenvalue weighted by molar-refractivity contribution is 7.88. The van der Waals surface area contributed by atoms with E-state index in [2.05, 4.69) is 8.92 Å². The van der Waals surface area contributed by atoms with Gasteiger partial charge in [0, 0.05) is 11.6 Å². The SMILES string of the molecule is COC(=O)Cc1c(OS(=O)(=O)C(F)(F)F)ccc([N+](=O)[O-])c1F. The van der Waals surface area contributed by atoms with Crippen LogP contribution in [0, 0.1) is 15.9 Å². The number of methoxy groups -OCH3 is 1. The van der Waals surface area contributed by atoms with Crippen molar-refractivity contribution in [2.75, 3.05) is 7.11 Å². The number of ether oxygens (including phenoxy) is 1. The number of carbonyl (C=O) groups excluding carboxylic acids is 1. The van der Waals surface area contributed by atoms with E-state index in [0.717, 1.165) is 7.11 Å². The monoisotopic (exact) mass is 361 g/mol. The Hall–Kier alpha value is -2.44. The number of alkyl halides is 3. The number of hydrogen-bond donors (Lipinski definition) is 0. The molecule has 0 fully saturated rings. The Balaban J connectivity index is 3.45. The van der Waals surface area contributed by atoms with Gasteiger partial charge in [0.15, 0.2) is 0 Å². The van der Waals surface area contributed by atoms with Gasteiger partial charge >= 0.3 is 27.3 Å². The second kappa shape index (κ2) is 6.36. The van der Waals surface area contributed by atoms with Crippen molar-refractivity contribution >= 4 is 21.8 Å². The first-order chi connectivity index (χ1) is 10.4. The third-order valence-electron chi connectivity index (χ3n) is 2.41. The van der Waals surface area contributed by atoms with E-state index in [0.29, 0.717) is 12.1 Å². The molecule has 13 heteroatoms. The second-order valence-corrected chi connectivity index (χ2v) is 5.41. The lowest BCUT2D eigenvalue weighted by Crippen LogP contribution is -2.28. The zero-order valence-electron chi connectivity index (χ0n) is 11.1. The zero-order valence-corrected chi connectivity index (χ0v) is 11.9. The highest BCUT2D eigenvalue weighted by atomic mass is 32.2. The lowest BCUT2D eigenvalue weighted by atomic mass is 10.1. The van der Waals surface area contributed by atoms with Gasteiger partial charge in [-0.05, 0) is 6.07 Å². The number of nitro benzene ring substituents is 1. The second-order valence-electron chi connectivity index (χ2n) is 3.87. The predicted octanol–water partition coefficient (Wildman–Crippen LogP) is 1.68. The highest BCUT2D eigenvalue weighted by Crippen LogP contribution is 2.33. The largest absolute Gasteiger partial charge is 0.534 e. The van der Waals surface area contributed by atoms with Gasteiger partial charge in [0.25, 0.3) is 0 Å². The molecule has 0 amide bonds. The summed E-state index contributed by atoms with van der Waals surface area (Å²) in [5.74, 6) is -4.11. The average molecular weight is 361 g/mol. The lowest BCUT2D eigenvalue weighted by Gasteiger charge is -2.13. The van der Waals surface area contributed by atoms with Gasteiger partial charge in [-0.1, -0.05) is 0 Å². The van der Waals surface area contributed by atoms with E-state index >= 15 is 0 Å². The van der Waals surface area contributed by atoms with Crippen molar-refractivity contribution in [3.63, 3.8) is 0 Å². The summed E-state index contributed by atoms with van der Waals surface area (Å²) in [6, 6.07) is 0.833. The number of hydrogen-bond acceptors (Lipinski definition) is 7. The molecule has 0 spiro atoms. The maximum absolute atomic E-state index is 13.9. The minimum atomic E-state index is -6.15. The summed E-state index contributed by atoms with van der Waals surface area (Å²) >= 11 is 0. The van der Waals surface area contributed by atoms with E-state index in [1.54, 1.807) is 0 Å². The molecule has 0 aliphatic rings. The van der Waals surface area contributed by atoms with Crippen LogP contribution < -0.4 is 4.18 Å². The van der Waals surface area contributed by atoms with Crippen molar-refractivity contribution in [2.45, 2.75) is 11.9 Å². The number of nitro groups is 1. The van der Waals surface area contributed by atoms with E-state index in [1.165, 1.54) is 0 Å². The fraction of sp³-hybridized carbons (Fsp3) is 0.300. The summed E-state index contributed by atoms with van der Waals surface area (Å²) < 4.78 is 80.6. The van der Waals surface area contributed by atoms with Crippen LogP contribution in [-0.2, 0) is 26.1 Å². The molecule has 0 N–H and O–H groups in total. The number of halogens is 4. The first-order valence-corrected chi connectivity index (χ1v) is 6.85. The molecule has 1 rings (SSSR count). The molecule has 0 saturated carbocycles. The normalized spacial score (nSPS) is 11.9. The van der Waals surface area contributed by atoms with E-state index < -0.39 is 55.8 Å². The Kier molecular flexibility index (Phi) is 5.14. The number of esters is 1. The van der Waals surface area contributed by atoms with E-state index in [1.807, 2.05) is 0 Å². The quantitative estimate of drug-likeness (QED) is 0.196. The molecule has 128 valence electrons. The van der Waals surface area contributed by atoms with Crippen molar-refractivity contribution < 1.29 is 44.6 Å². The molecule has 0 unspecified atom stereocenters. The number of carbonyl (C=O) groups is 1. The van der Waals surface area contributed by atoms with Crippen LogP contribution in [0.4, 0.5) is 23.2 Å². The maximum Gasteiger partial charge on any atom is 0.534 e. The summed E-state index contributed by atoms with van der Waals surface area (Å²) in [4.78, 5) is 20.5. The van der Waals surface area contributed by atoms with Crippen LogP contribution >= 0.6 is 0 Å². The zero-order chi connectivity index (χ0) is 18.0. The van der Waals surface area contributed by atoms with Crippen molar-refractivity contribution in [1.29, 1.82) is 0 Å². The molecule has 0 heterocycles. The van der Waals surface area contributed by atoms with Crippen LogP contribution in [0.2, 0.25) is 0 Å². The molecule has 0 bridgehead atoms. The summed E-state index contributed by atoms with van der Waals surface area (Å²) in [7, 11) is -5.29. The molecule has 23 heavy (non-hydrogen) atoms. The number of nitrogens with zero attached hydrogens (tertiary/aromatic N) is 1. The minimum Gasteiger partial charge on any atom is -0.469 e. The standard InChI is InChI=1S/C10H7F4NO7S/c1-21-8(16)4-5-7(22-23(19,20)10(12,13)14)3-2-6(9(5)11)15(17)18/h2-3H,4H2,1H3. The minimum absolute atomic E-state index is 0.400. The molecule has 0 radical (unpaired) electrons. The molecule has 0 aromatic heterocycles. The van der Waals surface area contributed by atoms with Crippen LogP contribution in [0.25, 0.3) is 0 Å². The van der Waals surface area contributed by atoms with Crippen LogP contribution in [0.5, 0.6) is 5.75 Å². The van der Waals surface area contributed by atoms with Gasteiger partial charge in [0.1, 0.15) is 5.75 Å². The molecular weight excluding hydrogens is 354 g/mol. The topological polar surface area (TPSA) is 113 Å². The summed E-state index contributed by atoms with van der Waals surface area (Å²) in [6.07, 6.45) is -1.08. The number of rotatable bonds is 5. The van der Waals surface area contributed by atoms with Crippen LogP contribution in [-0.4, -0.2) is 31.9 Å². The van der Waals surface area contributed by atoms with E-state index in [-0.39, 0.29) is 0 Å². The van der Waals surface area contributed by atoms with E-state index in [9.17, 15) is 40.9 Å². The fourth-order valence-electron chi connectivity index (χ4n) is 1.36. The fourth-order valence-corrected chi connectivity index (χ4v) is 1.84. The maximum atomic E-state index is 13.9. The van der Waals surface area contributed by atoms with Crippen LogP contribution in [0.3, 0.4) is 0 Å². The molecule has 0 aliphatic heterocycles. The van der Waals surface area contributed by atoms with Crippen LogP contribution in [0.1, 0.15) is 5.56 Å². The smallest absolute Gasteiger partial charge is 0.469 e. The summed E-state index contributed by atoms with van der Waals surface area (Å²) in [6.45, 7) is 0. The van der Waals surface area contributed by atoms with Gasteiger partial charge in [0.05, 0.1) is 18.5 Å². The molecule has 1 aromatic rings. The number of benzene rings is 1.